The fourth-order valence-corrected chi connectivity index (χ4v) is 2.38. The van der Waals surface area contributed by atoms with Gasteiger partial charge in [0.1, 0.15) is 9.84 Å². The Morgan fingerprint density at radius 1 is 1.44 bits per heavy atom. The van der Waals surface area contributed by atoms with E-state index in [0.29, 0.717) is 13.0 Å². The average molecular weight is 248 g/mol. The van der Waals surface area contributed by atoms with Crippen molar-refractivity contribution >= 4 is 15.7 Å². The molecule has 0 aromatic carbocycles. The molecule has 0 radical (unpaired) electrons. The van der Waals surface area contributed by atoms with Crippen molar-refractivity contribution < 1.29 is 13.2 Å². The van der Waals surface area contributed by atoms with E-state index in [9.17, 15) is 13.2 Å². The van der Waals surface area contributed by atoms with Crippen molar-refractivity contribution in [2.24, 2.45) is 11.1 Å². The van der Waals surface area contributed by atoms with Crippen LogP contribution >= 0.6 is 0 Å². The SMILES string of the molecule is CS(=O)(=O)CCNC(=O)CC1(CN)CCC1. The maximum absolute atomic E-state index is 11.5. The lowest BCUT2D eigenvalue weighted by Gasteiger charge is -2.40. The number of nitrogens with one attached hydrogen (secondary N) is 1. The van der Waals surface area contributed by atoms with Crippen molar-refractivity contribution in [2.45, 2.75) is 25.7 Å². The molecule has 3 N–H and O–H groups in total. The Labute approximate surface area is 96.7 Å². The van der Waals surface area contributed by atoms with Gasteiger partial charge in [-0.2, -0.15) is 0 Å². The monoisotopic (exact) mass is 248 g/mol. The summed E-state index contributed by atoms with van der Waals surface area (Å²) in [4.78, 5) is 11.5. The molecule has 1 amide bonds. The summed E-state index contributed by atoms with van der Waals surface area (Å²) in [5, 5.41) is 2.62. The van der Waals surface area contributed by atoms with E-state index in [-0.39, 0.29) is 23.6 Å². The molecule has 0 aromatic heterocycles. The molecule has 1 rings (SSSR count). The lowest BCUT2D eigenvalue weighted by Crippen LogP contribution is -2.42. The summed E-state index contributed by atoms with van der Waals surface area (Å²) in [5.74, 6) is -0.0947. The molecule has 5 nitrogen and oxygen atoms in total. The first-order valence-electron chi connectivity index (χ1n) is 5.51. The Hall–Kier alpha value is -0.620. The number of carbonyl (C=O) groups excluding carboxylic acids is 1. The van der Waals surface area contributed by atoms with Crippen molar-refractivity contribution in [1.82, 2.24) is 5.32 Å². The second kappa shape index (κ2) is 5.14. The van der Waals surface area contributed by atoms with Crippen LogP contribution in [-0.4, -0.2) is 39.4 Å². The van der Waals surface area contributed by atoms with E-state index < -0.39 is 9.84 Å². The Morgan fingerprint density at radius 2 is 2.06 bits per heavy atom. The van der Waals surface area contributed by atoms with E-state index in [4.69, 9.17) is 5.73 Å². The number of nitrogens with two attached hydrogens (primary N) is 1. The van der Waals surface area contributed by atoms with Gasteiger partial charge in [0.25, 0.3) is 0 Å². The predicted octanol–water partition coefficient (Wildman–Crippen LogP) is -0.334. The predicted molar refractivity (Wildman–Crippen MR) is 62.7 cm³/mol. The highest BCUT2D eigenvalue weighted by molar-refractivity contribution is 7.90. The fourth-order valence-electron chi connectivity index (χ4n) is 1.91. The summed E-state index contributed by atoms with van der Waals surface area (Å²) >= 11 is 0. The van der Waals surface area contributed by atoms with Gasteiger partial charge in [-0.05, 0) is 24.8 Å². The minimum Gasteiger partial charge on any atom is -0.355 e. The molecule has 16 heavy (non-hydrogen) atoms. The lowest BCUT2D eigenvalue weighted by atomic mass is 9.66. The number of rotatable bonds is 6. The van der Waals surface area contributed by atoms with E-state index in [1.165, 1.54) is 0 Å². The van der Waals surface area contributed by atoms with Crippen molar-refractivity contribution in [2.75, 3.05) is 25.1 Å². The van der Waals surface area contributed by atoms with Gasteiger partial charge < -0.3 is 11.1 Å². The minimum absolute atomic E-state index is 0.00559. The molecule has 1 aliphatic carbocycles. The number of sulfone groups is 1. The average Bonchev–Trinajstić information content (AvgIpc) is 2.09. The third kappa shape index (κ3) is 4.09. The summed E-state index contributed by atoms with van der Waals surface area (Å²) in [7, 11) is -3.00. The zero-order chi connectivity index (χ0) is 12.2. The zero-order valence-corrected chi connectivity index (χ0v) is 10.5. The van der Waals surface area contributed by atoms with Gasteiger partial charge in [-0.3, -0.25) is 4.79 Å². The van der Waals surface area contributed by atoms with Crippen LogP contribution in [0.15, 0.2) is 0 Å². The first kappa shape index (κ1) is 13.4. The van der Waals surface area contributed by atoms with Gasteiger partial charge in [0.2, 0.25) is 5.91 Å². The summed E-state index contributed by atoms with van der Waals surface area (Å²) in [6, 6.07) is 0. The molecular formula is C10H20N2O3S. The highest BCUT2D eigenvalue weighted by Gasteiger charge is 2.37. The molecular weight excluding hydrogens is 228 g/mol. The molecule has 1 fully saturated rings. The van der Waals surface area contributed by atoms with Crippen LogP contribution < -0.4 is 11.1 Å². The summed E-state index contributed by atoms with van der Waals surface area (Å²) in [6.45, 7) is 0.727. The third-order valence-corrected chi connectivity index (χ3v) is 4.12. The maximum Gasteiger partial charge on any atom is 0.220 e. The molecule has 0 unspecified atom stereocenters. The molecule has 6 heteroatoms. The molecule has 0 saturated heterocycles. The van der Waals surface area contributed by atoms with Gasteiger partial charge in [0, 0.05) is 19.2 Å². The van der Waals surface area contributed by atoms with Crippen LogP contribution in [0, 0.1) is 5.41 Å². The van der Waals surface area contributed by atoms with Gasteiger partial charge in [-0.15, -0.1) is 0 Å². The Morgan fingerprint density at radius 3 is 2.44 bits per heavy atom. The molecule has 0 bridgehead atoms. The topological polar surface area (TPSA) is 89.3 Å². The van der Waals surface area contributed by atoms with Gasteiger partial charge in [-0.25, -0.2) is 8.42 Å². The van der Waals surface area contributed by atoms with E-state index in [2.05, 4.69) is 5.32 Å². The summed E-state index contributed by atoms with van der Waals surface area (Å²) < 4.78 is 21.7. The van der Waals surface area contributed by atoms with Gasteiger partial charge >= 0.3 is 0 Å². The number of amides is 1. The molecule has 94 valence electrons. The number of hydrogen-bond donors (Lipinski definition) is 2. The van der Waals surface area contributed by atoms with Crippen molar-refractivity contribution in [3.63, 3.8) is 0 Å². The van der Waals surface area contributed by atoms with E-state index in [1.54, 1.807) is 0 Å². The molecule has 1 saturated carbocycles. The smallest absolute Gasteiger partial charge is 0.220 e. The molecule has 0 heterocycles. The van der Waals surface area contributed by atoms with Crippen molar-refractivity contribution in [3.05, 3.63) is 0 Å². The summed E-state index contributed by atoms with van der Waals surface area (Å²) in [5.41, 5.74) is 5.62. The first-order chi connectivity index (χ1) is 7.37. The molecule has 1 aliphatic rings. The number of hydrogen-bond acceptors (Lipinski definition) is 4. The van der Waals surface area contributed by atoms with E-state index >= 15 is 0 Å². The normalized spacial score (nSPS) is 18.9. The van der Waals surface area contributed by atoms with Crippen molar-refractivity contribution in [1.29, 1.82) is 0 Å². The van der Waals surface area contributed by atoms with Crippen LogP contribution in [0.2, 0.25) is 0 Å². The fraction of sp³-hybridized carbons (Fsp3) is 0.900. The Kier molecular flexibility index (Phi) is 4.32. The van der Waals surface area contributed by atoms with Crippen molar-refractivity contribution in [3.8, 4) is 0 Å². The molecule has 0 aliphatic heterocycles. The Balaban J connectivity index is 2.26. The molecule has 0 spiro atoms. The van der Waals surface area contributed by atoms with Crippen LogP contribution in [0.4, 0.5) is 0 Å². The van der Waals surface area contributed by atoms with Crippen LogP contribution in [-0.2, 0) is 14.6 Å². The third-order valence-electron chi connectivity index (χ3n) is 3.18. The van der Waals surface area contributed by atoms with Gasteiger partial charge in [0.15, 0.2) is 0 Å². The Bertz CT molecular complexity index is 342. The van der Waals surface area contributed by atoms with Crippen LogP contribution in [0.5, 0.6) is 0 Å². The van der Waals surface area contributed by atoms with Crippen LogP contribution in [0.3, 0.4) is 0 Å². The van der Waals surface area contributed by atoms with E-state index in [0.717, 1.165) is 25.5 Å². The first-order valence-corrected chi connectivity index (χ1v) is 7.57. The molecule has 0 aromatic rings. The highest BCUT2D eigenvalue weighted by atomic mass is 32.2. The zero-order valence-electron chi connectivity index (χ0n) is 9.66. The summed E-state index contributed by atoms with van der Waals surface area (Å²) in [6.07, 6.45) is 4.72. The second-order valence-electron chi connectivity index (χ2n) is 4.71. The number of carbonyl (C=O) groups is 1. The quantitative estimate of drug-likeness (QED) is 0.673. The molecule has 0 atom stereocenters. The van der Waals surface area contributed by atoms with Crippen LogP contribution in [0.25, 0.3) is 0 Å². The van der Waals surface area contributed by atoms with Crippen LogP contribution in [0.1, 0.15) is 25.7 Å². The highest BCUT2D eigenvalue weighted by Crippen LogP contribution is 2.42. The lowest BCUT2D eigenvalue weighted by molar-refractivity contribution is -0.124. The van der Waals surface area contributed by atoms with Gasteiger partial charge in [-0.1, -0.05) is 6.42 Å². The largest absolute Gasteiger partial charge is 0.355 e. The second-order valence-corrected chi connectivity index (χ2v) is 6.97. The van der Waals surface area contributed by atoms with E-state index in [1.807, 2.05) is 0 Å². The minimum atomic E-state index is -3.00. The van der Waals surface area contributed by atoms with Gasteiger partial charge in [0.05, 0.1) is 5.75 Å². The maximum atomic E-state index is 11.5. The standard InChI is InChI=1S/C10H20N2O3S/c1-16(14,15)6-5-12-9(13)7-10(8-11)3-2-4-10/h2-8,11H2,1H3,(H,12,13).